The van der Waals surface area contributed by atoms with Gasteiger partial charge < -0.3 is 15.5 Å². The van der Waals surface area contributed by atoms with E-state index in [0.717, 1.165) is 41.1 Å². The number of hydrogen-bond donors (Lipinski definition) is 2. The average Bonchev–Trinajstić information content (AvgIpc) is 3.28. The molecule has 1 fully saturated rings. The number of hydrogen-bond acceptors (Lipinski definition) is 5. The van der Waals surface area contributed by atoms with Gasteiger partial charge in [0.25, 0.3) is 0 Å². The predicted octanol–water partition coefficient (Wildman–Crippen LogP) is 4.14. The van der Waals surface area contributed by atoms with E-state index in [0.29, 0.717) is 13.1 Å². The smallest absolute Gasteiger partial charge is 0.243 e. The van der Waals surface area contributed by atoms with Crippen LogP contribution >= 0.6 is 15.9 Å². The highest BCUT2D eigenvalue weighted by Crippen LogP contribution is 2.34. The summed E-state index contributed by atoms with van der Waals surface area (Å²) in [5.74, 6) is 1.50. The van der Waals surface area contributed by atoms with Crippen molar-refractivity contribution in [3.63, 3.8) is 0 Å². The molecule has 1 atom stereocenters. The van der Waals surface area contributed by atoms with Gasteiger partial charge in [0, 0.05) is 19.6 Å². The van der Waals surface area contributed by atoms with Gasteiger partial charge in [0.05, 0.1) is 0 Å². The van der Waals surface area contributed by atoms with Gasteiger partial charge in [0.2, 0.25) is 5.91 Å². The summed E-state index contributed by atoms with van der Waals surface area (Å²) in [4.78, 5) is 23.8. The van der Waals surface area contributed by atoms with Gasteiger partial charge in [-0.3, -0.25) is 4.79 Å². The molecule has 2 aromatic carbocycles. The quantitative estimate of drug-likeness (QED) is 0.548. The fourth-order valence-corrected chi connectivity index (χ4v) is 4.23. The monoisotopic (exact) mass is 465 g/mol. The van der Waals surface area contributed by atoms with Gasteiger partial charge >= 0.3 is 0 Å². The highest BCUT2D eigenvalue weighted by Gasteiger charge is 2.33. The van der Waals surface area contributed by atoms with E-state index in [1.165, 1.54) is 5.56 Å². The van der Waals surface area contributed by atoms with Crippen molar-refractivity contribution in [1.82, 2.24) is 15.3 Å². The maximum Gasteiger partial charge on any atom is 0.243 e. The Kier molecular flexibility index (Phi) is 6.59. The first kappa shape index (κ1) is 20.3. The Labute approximate surface area is 184 Å². The molecule has 0 unspecified atom stereocenters. The second-order valence-electron chi connectivity index (χ2n) is 7.25. The summed E-state index contributed by atoms with van der Waals surface area (Å²) in [7, 11) is 0. The van der Waals surface area contributed by atoms with E-state index in [1.807, 2.05) is 48.5 Å². The van der Waals surface area contributed by atoms with Crippen LogP contribution in [-0.2, 0) is 17.9 Å². The number of rotatable bonds is 7. The van der Waals surface area contributed by atoms with E-state index in [1.54, 1.807) is 6.33 Å². The van der Waals surface area contributed by atoms with Gasteiger partial charge in [-0.2, -0.15) is 0 Å². The van der Waals surface area contributed by atoms with E-state index in [4.69, 9.17) is 0 Å². The fraction of sp³-hybridized carbons (Fsp3) is 0.261. The zero-order chi connectivity index (χ0) is 20.8. The predicted molar refractivity (Wildman–Crippen MR) is 122 cm³/mol. The van der Waals surface area contributed by atoms with Crippen molar-refractivity contribution in [2.45, 2.75) is 32.0 Å². The SMILES string of the molecule is O=C(NCc1ccccc1)[C@H]1CCCN1c1ncnc(NCc2ccccc2)c1Br. The molecule has 0 bridgehead atoms. The number of anilines is 2. The number of amides is 1. The van der Waals surface area contributed by atoms with E-state index in [-0.39, 0.29) is 11.9 Å². The number of halogens is 1. The first-order valence-electron chi connectivity index (χ1n) is 10.1. The van der Waals surface area contributed by atoms with Crippen LogP contribution in [0.25, 0.3) is 0 Å². The Morgan fingerprint density at radius 2 is 1.67 bits per heavy atom. The van der Waals surface area contributed by atoms with Gasteiger partial charge in [0.15, 0.2) is 0 Å². The van der Waals surface area contributed by atoms with Crippen LogP contribution in [0.2, 0.25) is 0 Å². The molecule has 0 aliphatic carbocycles. The standard InChI is InChI=1S/C23H24BrN5O/c24-20-21(25-14-17-8-3-1-4-9-17)27-16-28-22(20)29-13-7-12-19(29)23(30)26-15-18-10-5-2-6-11-18/h1-6,8-11,16,19H,7,12-15H2,(H,26,30)(H,25,27,28)/t19-/m1/s1. The third-order valence-corrected chi connectivity index (χ3v) is 5.94. The van der Waals surface area contributed by atoms with Crippen molar-refractivity contribution >= 4 is 33.5 Å². The topological polar surface area (TPSA) is 70.2 Å². The number of nitrogens with one attached hydrogen (secondary N) is 2. The Balaban J connectivity index is 1.45. The lowest BCUT2D eigenvalue weighted by molar-refractivity contribution is -0.122. The number of carbonyl (C=O) groups excluding carboxylic acids is 1. The van der Waals surface area contributed by atoms with E-state index in [2.05, 4.69) is 53.6 Å². The largest absolute Gasteiger partial charge is 0.365 e. The number of nitrogens with zero attached hydrogens (tertiary/aromatic N) is 3. The Hall–Kier alpha value is -2.93. The zero-order valence-corrected chi connectivity index (χ0v) is 18.2. The third-order valence-electron chi connectivity index (χ3n) is 5.21. The van der Waals surface area contributed by atoms with Crippen LogP contribution in [0.4, 0.5) is 11.6 Å². The highest BCUT2D eigenvalue weighted by molar-refractivity contribution is 9.10. The molecular weight excluding hydrogens is 442 g/mol. The molecule has 6 nitrogen and oxygen atoms in total. The average molecular weight is 466 g/mol. The van der Waals surface area contributed by atoms with E-state index < -0.39 is 0 Å². The molecule has 1 saturated heterocycles. The molecule has 1 amide bonds. The first-order valence-corrected chi connectivity index (χ1v) is 10.9. The van der Waals surface area contributed by atoms with Crippen molar-refractivity contribution in [1.29, 1.82) is 0 Å². The summed E-state index contributed by atoms with van der Waals surface area (Å²) in [6.07, 6.45) is 3.31. The van der Waals surface area contributed by atoms with Crippen LogP contribution in [0.15, 0.2) is 71.5 Å². The molecule has 1 aliphatic heterocycles. The lowest BCUT2D eigenvalue weighted by Crippen LogP contribution is -2.43. The Morgan fingerprint density at radius 1 is 1.00 bits per heavy atom. The molecule has 0 radical (unpaired) electrons. The Bertz CT molecular complexity index is 983. The molecule has 2 heterocycles. The van der Waals surface area contributed by atoms with Crippen LogP contribution in [0, 0.1) is 0 Å². The van der Waals surface area contributed by atoms with Crippen molar-refractivity contribution < 1.29 is 4.79 Å². The maximum absolute atomic E-state index is 12.9. The van der Waals surface area contributed by atoms with Crippen molar-refractivity contribution in [2.24, 2.45) is 0 Å². The zero-order valence-electron chi connectivity index (χ0n) is 16.6. The van der Waals surface area contributed by atoms with Gasteiger partial charge in [-0.05, 0) is 39.9 Å². The van der Waals surface area contributed by atoms with Crippen LogP contribution < -0.4 is 15.5 Å². The number of benzene rings is 2. The van der Waals surface area contributed by atoms with Gasteiger partial charge in [-0.15, -0.1) is 0 Å². The maximum atomic E-state index is 12.9. The summed E-state index contributed by atoms with van der Waals surface area (Å²) >= 11 is 3.66. The van der Waals surface area contributed by atoms with Crippen LogP contribution in [0.3, 0.4) is 0 Å². The minimum atomic E-state index is -0.234. The molecule has 4 rings (SSSR count). The molecule has 0 saturated carbocycles. The lowest BCUT2D eigenvalue weighted by atomic mass is 10.2. The summed E-state index contributed by atoms with van der Waals surface area (Å²) in [6.45, 7) is 1.98. The van der Waals surface area contributed by atoms with Crippen LogP contribution in [-0.4, -0.2) is 28.5 Å². The second-order valence-corrected chi connectivity index (χ2v) is 8.05. The lowest BCUT2D eigenvalue weighted by Gasteiger charge is -2.26. The van der Waals surface area contributed by atoms with Gasteiger partial charge in [0.1, 0.15) is 28.5 Å². The Morgan fingerprint density at radius 3 is 2.37 bits per heavy atom. The molecule has 2 N–H and O–H groups in total. The molecule has 30 heavy (non-hydrogen) atoms. The molecule has 0 spiro atoms. The molecule has 1 aromatic heterocycles. The summed E-state index contributed by atoms with van der Waals surface area (Å²) < 4.78 is 0.781. The molecule has 154 valence electrons. The second kappa shape index (κ2) is 9.71. The molecule has 3 aromatic rings. The van der Waals surface area contributed by atoms with Gasteiger partial charge in [-0.25, -0.2) is 9.97 Å². The summed E-state index contributed by atoms with van der Waals surface area (Å²) in [6, 6.07) is 19.9. The highest BCUT2D eigenvalue weighted by atomic mass is 79.9. The molecular formula is C23H24BrN5O. The number of carbonyl (C=O) groups is 1. The normalized spacial score (nSPS) is 15.8. The summed E-state index contributed by atoms with van der Waals surface area (Å²) in [5.41, 5.74) is 2.26. The summed E-state index contributed by atoms with van der Waals surface area (Å²) in [5, 5.41) is 6.43. The van der Waals surface area contributed by atoms with Gasteiger partial charge in [-0.1, -0.05) is 60.7 Å². The molecule has 1 aliphatic rings. The minimum absolute atomic E-state index is 0.0284. The first-order chi connectivity index (χ1) is 14.7. The van der Waals surface area contributed by atoms with E-state index >= 15 is 0 Å². The van der Waals surface area contributed by atoms with Crippen molar-refractivity contribution in [3.8, 4) is 0 Å². The van der Waals surface area contributed by atoms with E-state index in [9.17, 15) is 4.79 Å². The van der Waals surface area contributed by atoms with Crippen molar-refractivity contribution in [3.05, 3.63) is 82.6 Å². The van der Waals surface area contributed by atoms with Crippen LogP contribution in [0.5, 0.6) is 0 Å². The van der Waals surface area contributed by atoms with Crippen LogP contribution in [0.1, 0.15) is 24.0 Å². The molecule has 7 heteroatoms. The fourth-order valence-electron chi connectivity index (χ4n) is 3.66. The number of aromatic nitrogens is 2. The minimum Gasteiger partial charge on any atom is -0.365 e. The third kappa shape index (κ3) is 4.79. The van der Waals surface area contributed by atoms with Crippen molar-refractivity contribution in [2.75, 3.05) is 16.8 Å².